The van der Waals surface area contributed by atoms with Crippen LogP contribution in [0.1, 0.15) is 59.5 Å². The van der Waals surface area contributed by atoms with Crippen LogP contribution in [0.2, 0.25) is 0 Å². The van der Waals surface area contributed by atoms with Crippen molar-refractivity contribution in [2.24, 2.45) is 0 Å². The van der Waals surface area contributed by atoms with E-state index in [1.165, 1.54) is 0 Å². The zero-order chi connectivity index (χ0) is 16.0. The van der Waals surface area contributed by atoms with Crippen molar-refractivity contribution in [3.8, 4) is 0 Å². The van der Waals surface area contributed by atoms with Crippen LogP contribution in [0.25, 0.3) is 0 Å². The average Bonchev–Trinajstić information content (AvgIpc) is 3.13. The predicted molar refractivity (Wildman–Crippen MR) is 80.9 cm³/mol. The first-order valence-electron chi connectivity index (χ1n) is 8.00. The van der Waals surface area contributed by atoms with Crippen LogP contribution in [0, 0.1) is 0 Å². The maximum Gasteiger partial charge on any atom is 0.276 e. The molecule has 1 atom stereocenters. The van der Waals surface area contributed by atoms with Gasteiger partial charge in [0.15, 0.2) is 5.69 Å². The lowest BCUT2D eigenvalue weighted by atomic mass is 10.1. The first-order chi connectivity index (χ1) is 11.2. The van der Waals surface area contributed by atoms with Crippen LogP contribution in [0.3, 0.4) is 0 Å². The van der Waals surface area contributed by atoms with Gasteiger partial charge in [0, 0.05) is 32.2 Å². The molecule has 2 aliphatic rings. The fraction of sp³-hybridized carbons (Fsp3) is 0.562. The number of fused-ring (bicyclic) bond motifs is 1. The summed E-state index contributed by atoms with van der Waals surface area (Å²) in [5.41, 5.74) is 1.44. The molecular weight excluding hydrogens is 296 g/mol. The second-order valence-corrected chi connectivity index (χ2v) is 6.26. The summed E-state index contributed by atoms with van der Waals surface area (Å²) in [6, 6.07) is 1.70. The third-order valence-corrected chi connectivity index (χ3v) is 4.66. The maximum atomic E-state index is 12.8. The Morgan fingerprint density at radius 3 is 3.00 bits per heavy atom. The van der Waals surface area contributed by atoms with Gasteiger partial charge in [0.1, 0.15) is 11.6 Å². The standard InChI is InChI=1S/C16H20N4O3/c1-10-15-17-8-12(9-22-2)20(15)6-5-19(10)16(21)13-7-14(23-18-13)11-3-4-11/h7-8,10-11H,3-6,9H2,1-2H3/t10-/m1/s1. The quantitative estimate of drug-likeness (QED) is 0.864. The van der Waals surface area contributed by atoms with Crippen molar-refractivity contribution >= 4 is 5.91 Å². The van der Waals surface area contributed by atoms with Gasteiger partial charge in [-0.2, -0.15) is 0 Å². The number of aromatic nitrogens is 3. The lowest BCUT2D eigenvalue weighted by Gasteiger charge is -2.33. The molecule has 1 amide bonds. The number of nitrogens with zero attached hydrogens (tertiary/aromatic N) is 4. The van der Waals surface area contributed by atoms with Crippen molar-refractivity contribution in [1.82, 2.24) is 19.6 Å². The van der Waals surface area contributed by atoms with Gasteiger partial charge in [-0.25, -0.2) is 4.98 Å². The Kier molecular flexibility index (Phi) is 3.45. The largest absolute Gasteiger partial charge is 0.378 e. The molecular formula is C16H20N4O3. The normalized spacial score (nSPS) is 20.6. The van der Waals surface area contributed by atoms with Crippen LogP contribution in [0.4, 0.5) is 0 Å². The van der Waals surface area contributed by atoms with Gasteiger partial charge in [0.2, 0.25) is 0 Å². The Balaban J connectivity index is 1.55. The molecule has 1 saturated carbocycles. The highest BCUT2D eigenvalue weighted by Crippen LogP contribution is 2.40. The number of carbonyl (C=O) groups is 1. The van der Waals surface area contributed by atoms with Crippen molar-refractivity contribution in [1.29, 1.82) is 0 Å². The van der Waals surface area contributed by atoms with Gasteiger partial charge >= 0.3 is 0 Å². The van der Waals surface area contributed by atoms with Crippen LogP contribution in [0.15, 0.2) is 16.8 Å². The van der Waals surface area contributed by atoms with E-state index < -0.39 is 0 Å². The first kappa shape index (κ1) is 14.4. The van der Waals surface area contributed by atoms with E-state index in [0.29, 0.717) is 24.8 Å². The molecule has 7 nitrogen and oxygen atoms in total. The molecule has 23 heavy (non-hydrogen) atoms. The number of ether oxygens (including phenoxy) is 1. The molecule has 0 saturated heterocycles. The van der Waals surface area contributed by atoms with E-state index >= 15 is 0 Å². The highest BCUT2D eigenvalue weighted by atomic mass is 16.5. The summed E-state index contributed by atoms with van der Waals surface area (Å²) in [5, 5.41) is 3.96. The molecule has 1 fully saturated rings. The fourth-order valence-corrected chi connectivity index (χ4v) is 3.20. The van der Waals surface area contributed by atoms with Crippen molar-refractivity contribution in [3.05, 3.63) is 35.2 Å². The van der Waals surface area contributed by atoms with E-state index in [1.807, 2.05) is 18.0 Å². The Morgan fingerprint density at radius 1 is 1.43 bits per heavy atom. The summed E-state index contributed by atoms with van der Waals surface area (Å²) >= 11 is 0. The third-order valence-electron chi connectivity index (χ3n) is 4.66. The van der Waals surface area contributed by atoms with Gasteiger partial charge in [-0.1, -0.05) is 5.16 Å². The zero-order valence-electron chi connectivity index (χ0n) is 13.4. The summed E-state index contributed by atoms with van der Waals surface area (Å²) in [6.45, 7) is 3.87. The van der Waals surface area contributed by atoms with E-state index in [-0.39, 0.29) is 11.9 Å². The van der Waals surface area contributed by atoms with Gasteiger partial charge in [-0.3, -0.25) is 4.79 Å². The Hall–Kier alpha value is -2.15. The van der Waals surface area contributed by atoms with Crippen molar-refractivity contribution in [3.63, 3.8) is 0 Å². The van der Waals surface area contributed by atoms with Crippen molar-refractivity contribution in [2.75, 3.05) is 13.7 Å². The fourth-order valence-electron chi connectivity index (χ4n) is 3.20. The molecule has 0 unspecified atom stereocenters. The van der Waals surface area contributed by atoms with Gasteiger partial charge in [-0.15, -0.1) is 0 Å². The zero-order valence-corrected chi connectivity index (χ0v) is 13.4. The van der Waals surface area contributed by atoms with Crippen LogP contribution in [0.5, 0.6) is 0 Å². The van der Waals surface area contributed by atoms with Gasteiger partial charge in [0.25, 0.3) is 5.91 Å². The molecule has 0 bridgehead atoms. The molecule has 4 rings (SSSR count). The molecule has 0 spiro atoms. The Labute approximate surface area is 134 Å². The number of rotatable bonds is 4. The van der Waals surface area contributed by atoms with E-state index in [2.05, 4.69) is 14.7 Å². The summed E-state index contributed by atoms with van der Waals surface area (Å²) in [7, 11) is 1.67. The minimum atomic E-state index is -0.0945. The van der Waals surface area contributed by atoms with Gasteiger partial charge in [0.05, 0.1) is 24.5 Å². The Bertz CT molecular complexity index is 732. The maximum absolute atomic E-state index is 12.8. The van der Waals surface area contributed by atoms with E-state index in [1.54, 1.807) is 13.2 Å². The SMILES string of the molecule is COCc1cnc2n1CCN(C(=O)c1cc(C3CC3)on1)[C@@H]2C. The molecule has 7 heteroatoms. The molecule has 2 aromatic rings. The molecule has 1 aliphatic carbocycles. The minimum Gasteiger partial charge on any atom is -0.378 e. The topological polar surface area (TPSA) is 73.4 Å². The molecule has 2 aromatic heterocycles. The minimum absolute atomic E-state index is 0.0873. The highest BCUT2D eigenvalue weighted by Gasteiger charge is 2.34. The molecule has 122 valence electrons. The molecule has 1 aliphatic heterocycles. The molecule has 0 aromatic carbocycles. The number of methoxy groups -OCH3 is 1. The smallest absolute Gasteiger partial charge is 0.276 e. The number of imidazole rings is 1. The number of hydrogen-bond acceptors (Lipinski definition) is 5. The third kappa shape index (κ3) is 2.45. The summed E-state index contributed by atoms with van der Waals surface area (Å²) in [6.07, 6.45) is 4.08. The molecule has 0 radical (unpaired) electrons. The van der Waals surface area contributed by atoms with Crippen molar-refractivity contribution < 1.29 is 14.1 Å². The summed E-state index contributed by atoms with van der Waals surface area (Å²) < 4.78 is 12.6. The van der Waals surface area contributed by atoms with Crippen LogP contribution < -0.4 is 0 Å². The number of carbonyl (C=O) groups excluding carboxylic acids is 1. The Morgan fingerprint density at radius 2 is 2.26 bits per heavy atom. The monoisotopic (exact) mass is 316 g/mol. The second-order valence-electron chi connectivity index (χ2n) is 6.26. The van der Waals surface area contributed by atoms with Crippen LogP contribution >= 0.6 is 0 Å². The van der Waals surface area contributed by atoms with E-state index in [9.17, 15) is 4.79 Å². The number of hydrogen-bond donors (Lipinski definition) is 0. The van der Waals surface area contributed by atoms with Crippen molar-refractivity contribution in [2.45, 2.75) is 44.9 Å². The molecule has 0 N–H and O–H groups in total. The summed E-state index contributed by atoms with van der Waals surface area (Å²) in [4.78, 5) is 19.0. The van der Waals surface area contributed by atoms with Crippen LogP contribution in [-0.2, 0) is 17.9 Å². The van der Waals surface area contributed by atoms with E-state index in [0.717, 1.165) is 36.7 Å². The molecule has 3 heterocycles. The van der Waals surface area contributed by atoms with Gasteiger partial charge in [-0.05, 0) is 19.8 Å². The highest BCUT2D eigenvalue weighted by molar-refractivity contribution is 5.92. The lowest BCUT2D eigenvalue weighted by Crippen LogP contribution is -2.41. The second kappa shape index (κ2) is 5.49. The average molecular weight is 316 g/mol. The van der Waals surface area contributed by atoms with E-state index in [4.69, 9.17) is 9.26 Å². The van der Waals surface area contributed by atoms with Gasteiger partial charge < -0.3 is 18.7 Å². The predicted octanol–water partition coefficient (Wildman–Crippen LogP) is 2.11. The number of amides is 1. The first-order valence-corrected chi connectivity index (χ1v) is 8.00. The van der Waals surface area contributed by atoms with Crippen LogP contribution in [-0.4, -0.2) is 39.2 Å². The summed E-state index contributed by atoms with van der Waals surface area (Å²) in [5.74, 6) is 2.10. The lowest BCUT2D eigenvalue weighted by molar-refractivity contribution is 0.0622.